The first-order chi connectivity index (χ1) is 6.77. The van der Waals surface area contributed by atoms with E-state index in [0.29, 0.717) is 5.78 Å². The molecular weight excluding hydrogens is 176 g/mol. The van der Waals surface area contributed by atoms with E-state index in [2.05, 4.69) is 16.3 Å². The molecule has 74 valence electrons. The van der Waals surface area contributed by atoms with Gasteiger partial charge in [-0.25, -0.2) is 0 Å². The van der Waals surface area contributed by atoms with Gasteiger partial charge in [-0.05, 0) is 31.8 Å². The van der Waals surface area contributed by atoms with Crippen LogP contribution in [0.1, 0.15) is 31.7 Å². The van der Waals surface area contributed by atoms with Crippen LogP contribution in [0.2, 0.25) is 0 Å². The van der Waals surface area contributed by atoms with E-state index in [1.54, 1.807) is 6.92 Å². The zero-order valence-corrected chi connectivity index (χ0v) is 8.29. The molecule has 14 heavy (non-hydrogen) atoms. The minimum absolute atomic E-state index is 0.241. The van der Waals surface area contributed by atoms with Gasteiger partial charge in [0.15, 0.2) is 0 Å². The fraction of sp³-hybridized carbons (Fsp3) is 0.455. The molecule has 0 fully saturated rings. The van der Waals surface area contributed by atoms with Gasteiger partial charge in [-0.15, -0.1) is 0 Å². The molecule has 1 atom stereocenters. The van der Waals surface area contributed by atoms with Crippen LogP contribution in [-0.4, -0.2) is 16.0 Å². The second-order valence-electron chi connectivity index (χ2n) is 3.80. The fourth-order valence-electron chi connectivity index (χ4n) is 1.89. The van der Waals surface area contributed by atoms with Crippen molar-refractivity contribution < 1.29 is 4.79 Å². The molecule has 1 N–H and O–H groups in total. The van der Waals surface area contributed by atoms with Crippen molar-refractivity contribution in [2.45, 2.75) is 26.2 Å². The van der Waals surface area contributed by atoms with Crippen LogP contribution in [0.25, 0.3) is 5.57 Å². The maximum atomic E-state index is 11.1. The van der Waals surface area contributed by atoms with Gasteiger partial charge in [0.1, 0.15) is 5.78 Å². The highest BCUT2D eigenvalue weighted by Crippen LogP contribution is 2.29. The SMILES string of the molecule is CC(=O)C1CC=C(c2cn[nH]c2)CC1. The first kappa shape index (κ1) is 9.19. The van der Waals surface area contributed by atoms with Gasteiger partial charge >= 0.3 is 0 Å². The standard InChI is InChI=1S/C11H14N2O/c1-8(14)9-2-4-10(5-3-9)11-6-12-13-7-11/h4,6-7,9H,2-3,5H2,1H3,(H,12,13). The summed E-state index contributed by atoms with van der Waals surface area (Å²) >= 11 is 0. The van der Waals surface area contributed by atoms with Gasteiger partial charge in [0, 0.05) is 17.7 Å². The predicted molar refractivity (Wildman–Crippen MR) is 54.6 cm³/mol. The van der Waals surface area contributed by atoms with Gasteiger partial charge in [-0.3, -0.25) is 9.89 Å². The van der Waals surface area contributed by atoms with Crippen molar-refractivity contribution in [2.75, 3.05) is 0 Å². The number of rotatable bonds is 2. The number of aromatic amines is 1. The average Bonchev–Trinajstić information content (AvgIpc) is 2.71. The summed E-state index contributed by atoms with van der Waals surface area (Å²) in [5, 5.41) is 6.72. The number of Topliss-reactive ketones (excluding diaryl/α,β-unsaturated/α-hetero) is 1. The lowest BCUT2D eigenvalue weighted by molar-refractivity contribution is -0.120. The Kier molecular flexibility index (Phi) is 2.48. The van der Waals surface area contributed by atoms with Gasteiger partial charge in [-0.1, -0.05) is 6.08 Å². The summed E-state index contributed by atoms with van der Waals surface area (Å²) in [4.78, 5) is 11.1. The number of H-pyrrole nitrogens is 1. The van der Waals surface area contributed by atoms with E-state index < -0.39 is 0 Å². The Morgan fingerprint density at radius 3 is 3.00 bits per heavy atom. The first-order valence-corrected chi connectivity index (χ1v) is 4.96. The maximum absolute atomic E-state index is 11.1. The summed E-state index contributed by atoms with van der Waals surface area (Å²) in [6.45, 7) is 1.68. The van der Waals surface area contributed by atoms with Crippen LogP contribution in [0.15, 0.2) is 18.5 Å². The largest absolute Gasteiger partial charge is 0.300 e. The van der Waals surface area contributed by atoms with E-state index in [4.69, 9.17) is 0 Å². The molecule has 0 amide bonds. The lowest BCUT2D eigenvalue weighted by Gasteiger charge is -2.18. The third kappa shape index (κ3) is 1.76. The molecule has 1 aliphatic carbocycles. The van der Waals surface area contributed by atoms with Crippen LogP contribution >= 0.6 is 0 Å². The average molecular weight is 190 g/mol. The number of allylic oxidation sites excluding steroid dienone is 2. The Morgan fingerprint density at radius 2 is 2.50 bits per heavy atom. The number of carbonyl (C=O) groups excluding carboxylic acids is 1. The van der Waals surface area contributed by atoms with Crippen molar-refractivity contribution >= 4 is 11.4 Å². The number of carbonyl (C=O) groups is 1. The maximum Gasteiger partial charge on any atom is 0.133 e. The van der Waals surface area contributed by atoms with Gasteiger partial charge in [0.05, 0.1) is 6.20 Å². The summed E-state index contributed by atoms with van der Waals surface area (Å²) in [5.41, 5.74) is 2.48. The van der Waals surface area contributed by atoms with Crippen molar-refractivity contribution in [3.63, 3.8) is 0 Å². The molecule has 0 radical (unpaired) electrons. The molecule has 1 aromatic rings. The normalized spacial score (nSPS) is 21.8. The molecule has 1 unspecified atom stereocenters. The predicted octanol–water partition coefficient (Wildman–Crippen LogP) is 2.18. The zero-order chi connectivity index (χ0) is 9.97. The molecule has 2 rings (SSSR count). The minimum Gasteiger partial charge on any atom is -0.300 e. The topological polar surface area (TPSA) is 45.8 Å². The molecule has 0 saturated heterocycles. The van der Waals surface area contributed by atoms with E-state index in [0.717, 1.165) is 24.8 Å². The Bertz CT molecular complexity index is 351. The molecule has 0 aliphatic heterocycles. The Labute approximate surface area is 83.2 Å². The highest BCUT2D eigenvalue weighted by atomic mass is 16.1. The van der Waals surface area contributed by atoms with Crippen LogP contribution in [0, 0.1) is 5.92 Å². The quantitative estimate of drug-likeness (QED) is 0.776. The van der Waals surface area contributed by atoms with Gasteiger partial charge in [-0.2, -0.15) is 5.10 Å². The fourth-order valence-corrected chi connectivity index (χ4v) is 1.89. The van der Waals surface area contributed by atoms with Crippen LogP contribution in [-0.2, 0) is 4.79 Å². The highest BCUT2D eigenvalue weighted by molar-refractivity contribution is 5.80. The molecule has 0 bridgehead atoms. The van der Waals surface area contributed by atoms with E-state index in [1.807, 2.05) is 12.4 Å². The summed E-state index contributed by atoms with van der Waals surface area (Å²) in [5.74, 6) is 0.554. The monoisotopic (exact) mass is 190 g/mol. The van der Waals surface area contributed by atoms with Crippen molar-refractivity contribution in [2.24, 2.45) is 5.92 Å². The number of nitrogens with one attached hydrogen (secondary N) is 1. The number of hydrogen-bond donors (Lipinski definition) is 1. The number of ketones is 1. The zero-order valence-electron chi connectivity index (χ0n) is 8.29. The summed E-state index contributed by atoms with van der Waals surface area (Å²) in [7, 11) is 0. The van der Waals surface area contributed by atoms with E-state index in [-0.39, 0.29) is 5.92 Å². The second kappa shape index (κ2) is 3.78. The summed E-state index contributed by atoms with van der Waals surface area (Å²) in [6, 6.07) is 0. The Morgan fingerprint density at radius 1 is 1.64 bits per heavy atom. The molecule has 3 nitrogen and oxygen atoms in total. The van der Waals surface area contributed by atoms with Crippen LogP contribution in [0.3, 0.4) is 0 Å². The van der Waals surface area contributed by atoms with Crippen LogP contribution in [0.4, 0.5) is 0 Å². The van der Waals surface area contributed by atoms with Crippen LogP contribution in [0.5, 0.6) is 0 Å². The number of hydrogen-bond acceptors (Lipinski definition) is 2. The van der Waals surface area contributed by atoms with E-state index in [1.165, 1.54) is 5.57 Å². The van der Waals surface area contributed by atoms with E-state index in [9.17, 15) is 4.79 Å². The summed E-state index contributed by atoms with van der Waals surface area (Å²) < 4.78 is 0. The van der Waals surface area contributed by atoms with Crippen molar-refractivity contribution in [3.8, 4) is 0 Å². The molecular formula is C11H14N2O. The molecule has 0 spiro atoms. The summed E-state index contributed by atoms with van der Waals surface area (Å²) in [6.07, 6.45) is 8.76. The second-order valence-corrected chi connectivity index (χ2v) is 3.80. The van der Waals surface area contributed by atoms with Gasteiger partial charge in [0.25, 0.3) is 0 Å². The van der Waals surface area contributed by atoms with Crippen molar-refractivity contribution in [3.05, 3.63) is 24.0 Å². The Hall–Kier alpha value is -1.38. The number of nitrogens with zero attached hydrogens (tertiary/aromatic N) is 1. The smallest absolute Gasteiger partial charge is 0.133 e. The van der Waals surface area contributed by atoms with E-state index >= 15 is 0 Å². The Balaban J connectivity index is 2.09. The number of aromatic nitrogens is 2. The third-order valence-electron chi connectivity index (χ3n) is 2.85. The minimum atomic E-state index is 0.241. The van der Waals surface area contributed by atoms with Crippen molar-refractivity contribution in [1.82, 2.24) is 10.2 Å². The molecule has 0 aromatic carbocycles. The molecule has 1 aliphatic rings. The van der Waals surface area contributed by atoms with Gasteiger partial charge in [0.2, 0.25) is 0 Å². The molecule has 3 heteroatoms. The highest BCUT2D eigenvalue weighted by Gasteiger charge is 2.18. The molecule has 1 heterocycles. The van der Waals surface area contributed by atoms with Crippen molar-refractivity contribution in [1.29, 1.82) is 0 Å². The first-order valence-electron chi connectivity index (χ1n) is 4.96. The molecule has 0 saturated carbocycles. The van der Waals surface area contributed by atoms with Gasteiger partial charge < -0.3 is 0 Å². The molecule has 1 aromatic heterocycles. The lowest BCUT2D eigenvalue weighted by Crippen LogP contribution is -2.13. The third-order valence-corrected chi connectivity index (χ3v) is 2.85. The lowest BCUT2D eigenvalue weighted by atomic mass is 9.85. The van der Waals surface area contributed by atoms with Crippen LogP contribution < -0.4 is 0 Å².